The Labute approximate surface area is 123 Å². The van der Waals surface area contributed by atoms with Gasteiger partial charge in [0.05, 0.1) is 16.3 Å². The fourth-order valence-electron chi connectivity index (χ4n) is 2.05. The Bertz CT molecular complexity index is 618. The van der Waals surface area contributed by atoms with Crippen molar-refractivity contribution in [1.29, 1.82) is 0 Å². The van der Waals surface area contributed by atoms with E-state index in [9.17, 15) is 5.11 Å². The first-order valence-corrected chi connectivity index (χ1v) is 6.70. The summed E-state index contributed by atoms with van der Waals surface area (Å²) < 4.78 is 0. The van der Waals surface area contributed by atoms with Gasteiger partial charge in [-0.1, -0.05) is 29.3 Å². The van der Waals surface area contributed by atoms with E-state index < -0.39 is 5.60 Å². The largest absolute Gasteiger partial charge is 0.386 e. The van der Waals surface area contributed by atoms with E-state index >= 15 is 0 Å². The number of rotatable bonds is 2. The number of benzene rings is 1. The molecule has 0 atom stereocenters. The van der Waals surface area contributed by atoms with Crippen LogP contribution in [0.5, 0.6) is 0 Å². The summed E-state index contributed by atoms with van der Waals surface area (Å²) in [5.41, 5.74) is 2.29. The Morgan fingerprint density at radius 2 is 1.79 bits per heavy atom. The lowest BCUT2D eigenvalue weighted by atomic mass is 9.96. The predicted octanol–water partition coefficient (Wildman–Crippen LogP) is 4.59. The summed E-state index contributed by atoms with van der Waals surface area (Å²) in [4.78, 5) is 4.51. The molecule has 0 fully saturated rings. The summed E-state index contributed by atoms with van der Waals surface area (Å²) in [6.45, 7) is 5.36. The van der Waals surface area contributed by atoms with Crippen LogP contribution in [0.25, 0.3) is 11.3 Å². The molecule has 2 aromatic rings. The summed E-state index contributed by atoms with van der Waals surface area (Å²) in [5.74, 6) is 0. The van der Waals surface area contributed by atoms with Crippen LogP contribution < -0.4 is 0 Å². The minimum absolute atomic E-state index is 0.565. The maximum atomic E-state index is 10.0. The average Bonchev–Trinajstić information content (AvgIpc) is 2.26. The lowest BCUT2D eigenvalue weighted by molar-refractivity contribution is 0.0775. The second-order valence-corrected chi connectivity index (χ2v) is 5.86. The molecule has 4 heteroatoms. The Balaban J connectivity index is 2.51. The van der Waals surface area contributed by atoms with Crippen LogP contribution in [0.4, 0.5) is 0 Å². The predicted molar refractivity (Wildman–Crippen MR) is 79.7 cm³/mol. The number of halogens is 2. The fourth-order valence-corrected chi connectivity index (χ4v) is 2.56. The molecule has 0 amide bonds. The van der Waals surface area contributed by atoms with Gasteiger partial charge in [0.25, 0.3) is 0 Å². The quantitative estimate of drug-likeness (QED) is 0.879. The van der Waals surface area contributed by atoms with Gasteiger partial charge in [-0.3, -0.25) is 4.98 Å². The molecule has 0 radical (unpaired) electrons. The van der Waals surface area contributed by atoms with Gasteiger partial charge in [-0.25, -0.2) is 0 Å². The van der Waals surface area contributed by atoms with Crippen LogP contribution in [0.3, 0.4) is 0 Å². The number of aliphatic hydroxyl groups is 1. The standard InChI is InChI=1S/C15H15Cl2NO/c1-9-12(15(2,3)19)6-7-14(18-9)11-5-4-10(16)8-13(11)17/h4-8,19H,1-3H3. The van der Waals surface area contributed by atoms with E-state index in [1.165, 1.54) is 0 Å². The lowest BCUT2D eigenvalue weighted by Gasteiger charge is -2.20. The van der Waals surface area contributed by atoms with Crippen molar-refractivity contribution in [3.05, 3.63) is 51.6 Å². The third kappa shape index (κ3) is 3.08. The van der Waals surface area contributed by atoms with Crippen LogP contribution in [-0.4, -0.2) is 10.1 Å². The summed E-state index contributed by atoms with van der Waals surface area (Å²) in [5, 5.41) is 11.2. The zero-order valence-corrected chi connectivity index (χ0v) is 12.5. The van der Waals surface area contributed by atoms with Crippen molar-refractivity contribution in [2.45, 2.75) is 26.4 Å². The monoisotopic (exact) mass is 295 g/mol. The average molecular weight is 296 g/mol. The summed E-state index contributed by atoms with van der Waals surface area (Å²) in [6, 6.07) is 9.05. The van der Waals surface area contributed by atoms with Crippen molar-refractivity contribution in [1.82, 2.24) is 4.98 Å². The highest BCUT2D eigenvalue weighted by atomic mass is 35.5. The molecular weight excluding hydrogens is 281 g/mol. The molecule has 1 N–H and O–H groups in total. The highest BCUT2D eigenvalue weighted by Crippen LogP contribution is 2.31. The van der Waals surface area contributed by atoms with Crippen molar-refractivity contribution in [3.8, 4) is 11.3 Å². The van der Waals surface area contributed by atoms with Crippen molar-refractivity contribution >= 4 is 23.2 Å². The molecular formula is C15H15Cl2NO. The number of aryl methyl sites for hydroxylation is 1. The fraction of sp³-hybridized carbons (Fsp3) is 0.267. The Morgan fingerprint density at radius 3 is 2.32 bits per heavy atom. The number of hydrogen-bond donors (Lipinski definition) is 1. The molecule has 0 saturated carbocycles. The number of nitrogens with zero attached hydrogens (tertiary/aromatic N) is 1. The topological polar surface area (TPSA) is 33.1 Å². The minimum atomic E-state index is -0.903. The van der Waals surface area contributed by atoms with Gasteiger partial charge in [0.2, 0.25) is 0 Å². The molecule has 1 heterocycles. The summed E-state index contributed by atoms with van der Waals surface area (Å²) in [7, 11) is 0. The lowest BCUT2D eigenvalue weighted by Crippen LogP contribution is -2.17. The minimum Gasteiger partial charge on any atom is -0.386 e. The van der Waals surface area contributed by atoms with Gasteiger partial charge in [-0.2, -0.15) is 0 Å². The normalized spacial score (nSPS) is 11.7. The molecule has 19 heavy (non-hydrogen) atoms. The van der Waals surface area contributed by atoms with E-state index in [0.717, 1.165) is 22.5 Å². The molecule has 0 bridgehead atoms. The highest BCUT2D eigenvalue weighted by molar-refractivity contribution is 6.36. The smallest absolute Gasteiger partial charge is 0.0857 e. The van der Waals surface area contributed by atoms with Gasteiger partial charge < -0.3 is 5.11 Å². The van der Waals surface area contributed by atoms with Crippen LogP contribution in [0.1, 0.15) is 25.1 Å². The molecule has 0 aliphatic heterocycles. The van der Waals surface area contributed by atoms with E-state index in [-0.39, 0.29) is 0 Å². The van der Waals surface area contributed by atoms with Crippen molar-refractivity contribution in [3.63, 3.8) is 0 Å². The Hall–Kier alpha value is -1.09. The van der Waals surface area contributed by atoms with Gasteiger partial charge >= 0.3 is 0 Å². The van der Waals surface area contributed by atoms with Crippen LogP contribution in [-0.2, 0) is 5.60 Å². The first-order chi connectivity index (χ1) is 8.79. The van der Waals surface area contributed by atoms with Gasteiger partial charge in [0.1, 0.15) is 0 Å². The first kappa shape index (κ1) is 14.3. The number of pyridine rings is 1. The number of hydrogen-bond acceptors (Lipinski definition) is 2. The molecule has 2 nitrogen and oxygen atoms in total. The molecule has 0 spiro atoms. The van der Waals surface area contributed by atoms with Crippen molar-refractivity contribution in [2.24, 2.45) is 0 Å². The Morgan fingerprint density at radius 1 is 1.11 bits per heavy atom. The van der Waals surface area contributed by atoms with E-state index in [4.69, 9.17) is 23.2 Å². The molecule has 1 aromatic carbocycles. The molecule has 0 aliphatic carbocycles. The van der Waals surface area contributed by atoms with E-state index in [2.05, 4.69) is 4.98 Å². The van der Waals surface area contributed by atoms with E-state index in [1.807, 2.05) is 25.1 Å². The second kappa shape index (κ2) is 5.12. The van der Waals surface area contributed by atoms with Gasteiger partial charge in [0.15, 0.2) is 0 Å². The van der Waals surface area contributed by atoms with Crippen LogP contribution in [0, 0.1) is 6.92 Å². The first-order valence-electron chi connectivity index (χ1n) is 5.95. The summed E-state index contributed by atoms with van der Waals surface area (Å²) in [6.07, 6.45) is 0. The van der Waals surface area contributed by atoms with Crippen LogP contribution in [0.15, 0.2) is 30.3 Å². The van der Waals surface area contributed by atoms with Crippen molar-refractivity contribution < 1.29 is 5.11 Å². The van der Waals surface area contributed by atoms with Gasteiger partial charge in [-0.15, -0.1) is 0 Å². The highest BCUT2D eigenvalue weighted by Gasteiger charge is 2.19. The second-order valence-electron chi connectivity index (χ2n) is 5.01. The van der Waals surface area contributed by atoms with Crippen LogP contribution >= 0.6 is 23.2 Å². The molecule has 2 rings (SSSR count). The van der Waals surface area contributed by atoms with E-state index in [0.29, 0.717) is 10.0 Å². The molecule has 0 unspecified atom stereocenters. The van der Waals surface area contributed by atoms with E-state index in [1.54, 1.807) is 26.0 Å². The third-order valence-corrected chi connectivity index (χ3v) is 3.50. The summed E-state index contributed by atoms with van der Waals surface area (Å²) >= 11 is 12.1. The van der Waals surface area contributed by atoms with Gasteiger partial charge in [-0.05, 0) is 45.0 Å². The van der Waals surface area contributed by atoms with Crippen molar-refractivity contribution in [2.75, 3.05) is 0 Å². The molecule has 100 valence electrons. The molecule has 0 aliphatic rings. The Kier molecular flexibility index (Phi) is 3.86. The maximum absolute atomic E-state index is 10.0. The SMILES string of the molecule is Cc1nc(-c2ccc(Cl)cc2Cl)ccc1C(C)(C)O. The van der Waals surface area contributed by atoms with Gasteiger partial charge in [0, 0.05) is 21.8 Å². The third-order valence-electron chi connectivity index (χ3n) is 2.95. The molecule has 0 saturated heterocycles. The zero-order valence-electron chi connectivity index (χ0n) is 11.0. The number of aromatic nitrogens is 1. The maximum Gasteiger partial charge on any atom is 0.0857 e. The molecule has 1 aromatic heterocycles. The van der Waals surface area contributed by atoms with Crippen LogP contribution in [0.2, 0.25) is 10.0 Å². The zero-order chi connectivity index (χ0) is 14.2.